The Kier molecular flexibility index (Phi) is 7.04. The molecule has 1 heterocycles. The van der Waals surface area contributed by atoms with E-state index >= 15 is 0 Å². The second-order valence-corrected chi connectivity index (χ2v) is 7.01. The zero-order chi connectivity index (χ0) is 19.1. The van der Waals surface area contributed by atoms with Crippen molar-refractivity contribution in [3.8, 4) is 23.2 Å². The van der Waals surface area contributed by atoms with E-state index in [1.54, 1.807) is 19.1 Å². The second kappa shape index (κ2) is 9.25. The van der Waals surface area contributed by atoms with E-state index in [4.69, 9.17) is 10.00 Å². The summed E-state index contributed by atoms with van der Waals surface area (Å²) < 4.78 is 7.18. The maximum atomic E-state index is 12.4. The van der Waals surface area contributed by atoms with Crippen LogP contribution < -0.4 is 4.74 Å². The number of thioether (sulfide) groups is 1. The summed E-state index contributed by atoms with van der Waals surface area (Å²) in [5.74, 6) is 1.52. The number of nitriles is 1. The maximum Gasteiger partial charge on any atom is 0.235 e. The van der Waals surface area contributed by atoms with Gasteiger partial charge >= 0.3 is 0 Å². The molecule has 0 aliphatic rings. The molecule has 1 aromatic heterocycles. The Labute approximate surface area is 158 Å². The highest BCUT2D eigenvalue weighted by molar-refractivity contribution is 8.00. The van der Waals surface area contributed by atoms with Gasteiger partial charge in [0, 0.05) is 25.7 Å². The Morgan fingerprint density at radius 1 is 1.38 bits per heavy atom. The van der Waals surface area contributed by atoms with Crippen LogP contribution >= 0.6 is 11.8 Å². The average Bonchev–Trinajstić information content (AvgIpc) is 3.07. The van der Waals surface area contributed by atoms with Gasteiger partial charge in [0.2, 0.25) is 5.91 Å². The fraction of sp³-hybridized carbons (Fsp3) is 0.444. The molecule has 7 nitrogen and oxygen atoms in total. The van der Waals surface area contributed by atoms with Gasteiger partial charge in [-0.3, -0.25) is 4.79 Å². The third kappa shape index (κ3) is 4.55. The Bertz CT molecular complexity index is 782. The molecule has 0 saturated carbocycles. The first-order valence-electron chi connectivity index (χ1n) is 8.38. The van der Waals surface area contributed by atoms with Crippen LogP contribution in [0.5, 0.6) is 5.75 Å². The first-order chi connectivity index (χ1) is 12.5. The predicted octanol–water partition coefficient (Wildman–Crippen LogP) is 2.83. The van der Waals surface area contributed by atoms with Crippen LogP contribution in [0.4, 0.5) is 0 Å². The summed E-state index contributed by atoms with van der Waals surface area (Å²) in [6.45, 7) is 4.99. The molecule has 2 rings (SSSR count). The van der Waals surface area contributed by atoms with Gasteiger partial charge in [-0.15, -0.1) is 10.2 Å². The van der Waals surface area contributed by atoms with E-state index in [0.29, 0.717) is 24.7 Å². The molecular weight excluding hydrogens is 350 g/mol. The fourth-order valence-corrected chi connectivity index (χ4v) is 3.49. The first-order valence-corrected chi connectivity index (χ1v) is 9.26. The molecule has 8 heteroatoms. The monoisotopic (exact) mass is 373 g/mol. The molecule has 2 aromatic rings. The lowest BCUT2D eigenvalue weighted by atomic mass is 10.2. The number of hydrogen-bond acceptors (Lipinski definition) is 6. The van der Waals surface area contributed by atoms with Gasteiger partial charge in [0.15, 0.2) is 11.0 Å². The lowest BCUT2D eigenvalue weighted by Gasteiger charge is -2.19. The average molecular weight is 373 g/mol. The van der Waals surface area contributed by atoms with Gasteiger partial charge in [-0.2, -0.15) is 5.26 Å². The summed E-state index contributed by atoms with van der Waals surface area (Å²) in [6.07, 6.45) is 0.326. The third-order valence-electron chi connectivity index (χ3n) is 3.95. The fourth-order valence-electron chi connectivity index (χ4n) is 2.46. The van der Waals surface area contributed by atoms with Crippen LogP contribution in [0.25, 0.3) is 11.4 Å². The van der Waals surface area contributed by atoms with Crippen LogP contribution in [0.15, 0.2) is 29.4 Å². The van der Waals surface area contributed by atoms with E-state index in [1.807, 2.05) is 42.7 Å². The number of amides is 1. The van der Waals surface area contributed by atoms with Gasteiger partial charge in [0.1, 0.15) is 5.75 Å². The van der Waals surface area contributed by atoms with Crippen molar-refractivity contribution < 1.29 is 9.53 Å². The summed E-state index contributed by atoms with van der Waals surface area (Å²) in [5.41, 5.74) is 0.942. The SMILES string of the molecule is CCn1c(S[C@H](C)C(=O)N(C)CCC#N)nnc1-c1ccc(OC)cc1. The Morgan fingerprint density at radius 2 is 2.08 bits per heavy atom. The molecule has 0 unspecified atom stereocenters. The summed E-state index contributed by atoms with van der Waals surface area (Å²) >= 11 is 1.38. The van der Waals surface area contributed by atoms with Gasteiger partial charge < -0.3 is 14.2 Å². The Morgan fingerprint density at radius 3 is 2.65 bits per heavy atom. The molecule has 0 saturated heterocycles. The third-order valence-corrected chi connectivity index (χ3v) is 5.01. The Balaban J connectivity index is 2.16. The molecule has 138 valence electrons. The number of carbonyl (C=O) groups is 1. The van der Waals surface area contributed by atoms with Crippen molar-refractivity contribution in [1.82, 2.24) is 19.7 Å². The molecule has 0 bridgehead atoms. The molecule has 1 aromatic carbocycles. The first kappa shape index (κ1) is 19.8. The van der Waals surface area contributed by atoms with Crippen LogP contribution in [0.2, 0.25) is 0 Å². The number of hydrogen-bond donors (Lipinski definition) is 0. The summed E-state index contributed by atoms with van der Waals surface area (Å²) in [5, 5.41) is 17.6. The van der Waals surface area contributed by atoms with Crippen molar-refractivity contribution in [3.63, 3.8) is 0 Å². The summed E-state index contributed by atoms with van der Waals surface area (Å²) in [6, 6.07) is 9.69. The van der Waals surface area contributed by atoms with Crippen molar-refractivity contribution in [2.24, 2.45) is 0 Å². The largest absolute Gasteiger partial charge is 0.497 e. The number of rotatable bonds is 8. The number of benzene rings is 1. The minimum absolute atomic E-state index is 0.0260. The maximum absolute atomic E-state index is 12.4. The number of methoxy groups -OCH3 is 1. The van der Waals surface area contributed by atoms with Gasteiger partial charge in [-0.05, 0) is 38.1 Å². The van der Waals surface area contributed by atoms with Gasteiger partial charge in [0.05, 0.1) is 24.8 Å². The van der Waals surface area contributed by atoms with E-state index in [1.165, 1.54) is 11.8 Å². The number of ether oxygens (including phenoxy) is 1. The second-order valence-electron chi connectivity index (χ2n) is 5.71. The highest BCUT2D eigenvalue weighted by atomic mass is 32.2. The molecule has 0 fully saturated rings. The molecular formula is C18H23N5O2S. The number of aromatic nitrogens is 3. The van der Waals surface area contributed by atoms with Gasteiger partial charge in [-0.25, -0.2) is 0 Å². The molecule has 1 atom stereocenters. The smallest absolute Gasteiger partial charge is 0.235 e. The lowest BCUT2D eigenvalue weighted by molar-refractivity contribution is -0.128. The van der Waals surface area contributed by atoms with E-state index in [9.17, 15) is 4.79 Å². The van der Waals surface area contributed by atoms with Crippen LogP contribution in [0.3, 0.4) is 0 Å². The minimum atomic E-state index is -0.308. The van der Waals surface area contributed by atoms with Gasteiger partial charge in [0.25, 0.3) is 0 Å². The van der Waals surface area contributed by atoms with Gasteiger partial charge in [-0.1, -0.05) is 11.8 Å². The van der Waals surface area contributed by atoms with Crippen LogP contribution in [0.1, 0.15) is 20.3 Å². The molecule has 26 heavy (non-hydrogen) atoms. The molecule has 0 radical (unpaired) electrons. The molecule has 0 aliphatic carbocycles. The molecule has 0 spiro atoms. The van der Waals surface area contributed by atoms with Crippen LogP contribution in [-0.4, -0.2) is 51.5 Å². The van der Waals surface area contributed by atoms with E-state index in [-0.39, 0.29) is 11.2 Å². The Hall–Kier alpha value is -2.53. The van der Waals surface area contributed by atoms with Crippen LogP contribution in [-0.2, 0) is 11.3 Å². The quantitative estimate of drug-likeness (QED) is 0.662. The van der Waals surface area contributed by atoms with Crippen molar-refractivity contribution in [2.45, 2.75) is 37.2 Å². The van der Waals surface area contributed by atoms with Crippen molar-refractivity contribution in [2.75, 3.05) is 20.7 Å². The van der Waals surface area contributed by atoms with Crippen LogP contribution in [0, 0.1) is 11.3 Å². The minimum Gasteiger partial charge on any atom is -0.497 e. The molecule has 0 aliphatic heterocycles. The highest BCUT2D eigenvalue weighted by Crippen LogP contribution is 2.28. The summed E-state index contributed by atoms with van der Waals surface area (Å²) in [7, 11) is 3.34. The molecule has 0 N–H and O–H groups in total. The van der Waals surface area contributed by atoms with Crippen molar-refractivity contribution in [3.05, 3.63) is 24.3 Å². The molecule has 1 amide bonds. The predicted molar refractivity (Wildman–Crippen MR) is 101 cm³/mol. The zero-order valence-corrected chi connectivity index (χ0v) is 16.3. The number of carbonyl (C=O) groups excluding carboxylic acids is 1. The van der Waals surface area contributed by atoms with E-state index in [2.05, 4.69) is 16.3 Å². The van der Waals surface area contributed by atoms with Crippen molar-refractivity contribution in [1.29, 1.82) is 5.26 Å². The highest BCUT2D eigenvalue weighted by Gasteiger charge is 2.22. The zero-order valence-electron chi connectivity index (χ0n) is 15.5. The normalized spacial score (nSPS) is 11.7. The van der Waals surface area contributed by atoms with E-state index in [0.717, 1.165) is 17.1 Å². The standard InChI is InChI=1S/C18H23N5O2S/c1-5-23-16(14-7-9-15(25-4)10-8-14)20-21-18(23)26-13(2)17(24)22(3)12-6-11-19/h7-10,13H,5-6,12H2,1-4H3/t13-/m1/s1. The number of nitrogens with zero attached hydrogens (tertiary/aromatic N) is 5. The lowest BCUT2D eigenvalue weighted by Crippen LogP contribution is -2.34. The topological polar surface area (TPSA) is 84.0 Å². The summed E-state index contributed by atoms with van der Waals surface area (Å²) in [4.78, 5) is 14.0. The van der Waals surface area contributed by atoms with E-state index < -0.39 is 0 Å². The van der Waals surface area contributed by atoms with Crippen molar-refractivity contribution >= 4 is 17.7 Å².